The highest BCUT2D eigenvalue weighted by molar-refractivity contribution is 7.90. The highest BCUT2D eigenvalue weighted by Crippen LogP contribution is 2.29. The molecule has 2 aromatic rings. The van der Waals surface area contributed by atoms with Crippen LogP contribution in [0.25, 0.3) is 6.08 Å². The van der Waals surface area contributed by atoms with E-state index >= 15 is 0 Å². The van der Waals surface area contributed by atoms with Gasteiger partial charge in [-0.2, -0.15) is 13.7 Å². The van der Waals surface area contributed by atoms with Gasteiger partial charge < -0.3 is 8.92 Å². The van der Waals surface area contributed by atoms with E-state index in [4.69, 9.17) is 14.2 Å². The van der Waals surface area contributed by atoms with Crippen molar-refractivity contribution in [3.63, 3.8) is 0 Å². The average Bonchev–Trinajstić information content (AvgIpc) is 2.56. The zero-order valence-electron chi connectivity index (χ0n) is 12.5. The molecule has 0 unspecified atom stereocenters. The molecule has 0 saturated heterocycles. The van der Waals surface area contributed by atoms with Crippen LogP contribution in [0.1, 0.15) is 18.1 Å². The van der Waals surface area contributed by atoms with Crippen molar-refractivity contribution in [3.8, 4) is 17.6 Å². The van der Waals surface area contributed by atoms with E-state index in [1.807, 2.05) is 12.1 Å². The first kappa shape index (κ1) is 16.6. The zero-order chi connectivity index (χ0) is 16.7. The molecule has 0 aliphatic carbocycles. The third-order valence-corrected chi connectivity index (χ3v) is 3.69. The Balaban J connectivity index is 2.23. The Hall–Kier alpha value is -2.78. The van der Waals surface area contributed by atoms with Gasteiger partial charge in [-0.25, -0.2) is 0 Å². The van der Waals surface area contributed by atoms with E-state index in [-0.39, 0.29) is 11.5 Å². The molecule has 0 aliphatic heterocycles. The summed E-state index contributed by atoms with van der Waals surface area (Å²) in [6.45, 7) is 2.08. The van der Waals surface area contributed by atoms with Gasteiger partial charge in [-0.1, -0.05) is 30.3 Å². The number of hydrogen-bond acceptors (Lipinski definition) is 5. The molecular weight excluding hydrogens is 314 g/mol. The van der Waals surface area contributed by atoms with Crippen molar-refractivity contribution in [2.75, 3.05) is 6.61 Å². The van der Waals surface area contributed by atoms with Crippen molar-refractivity contribution in [2.24, 2.45) is 0 Å². The Morgan fingerprint density at radius 1 is 1.13 bits per heavy atom. The molecule has 0 heterocycles. The van der Waals surface area contributed by atoms with Gasteiger partial charge in [0.2, 0.25) is 0 Å². The van der Waals surface area contributed by atoms with Crippen molar-refractivity contribution in [2.45, 2.75) is 6.92 Å². The van der Waals surface area contributed by atoms with Gasteiger partial charge in [-0.3, -0.25) is 0 Å². The molecule has 0 saturated carbocycles. The maximum Gasteiger partial charge on any atom is 0.332 e. The Kier molecular flexibility index (Phi) is 5.39. The molecular formula is C17H15NO4S. The van der Waals surface area contributed by atoms with Crippen LogP contribution in [0.4, 0.5) is 0 Å². The molecule has 0 bridgehead atoms. The van der Waals surface area contributed by atoms with Gasteiger partial charge in [-0.15, -0.1) is 0 Å². The van der Waals surface area contributed by atoms with E-state index in [0.29, 0.717) is 12.2 Å². The number of hydrogen-bond donors (Lipinski definition) is 0. The minimum absolute atomic E-state index is 0.0450. The van der Waals surface area contributed by atoms with Crippen LogP contribution in [0, 0.1) is 11.3 Å². The van der Waals surface area contributed by atoms with Crippen LogP contribution in [0.2, 0.25) is 0 Å². The lowest BCUT2D eigenvalue weighted by molar-refractivity contribution is 0.328. The summed E-state index contributed by atoms with van der Waals surface area (Å²) in [5, 5.41) is 9.87. The van der Waals surface area contributed by atoms with Crippen molar-refractivity contribution >= 4 is 16.2 Å². The molecule has 0 radical (unpaired) electrons. The highest BCUT2D eigenvalue weighted by atomic mass is 32.2. The third kappa shape index (κ3) is 4.87. The van der Waals surface area contributed by atoms with Crippen molar-refractivity contribution in [1.29, 1.82) is 5.26 Å². The van der Waals surface area contributed by atoms with Gasteiger partial charge in [0.15, 0.2) is 11.5 Å². The van der Waals surface area contributed by atoms with Gasteiger partial charge in [-0.05, 0) is 30.7 Å². The topological polar surface area (TPSA) is 76.4 Å². The van der Waals surface area contributed by atoms with Gasteiger partial charge >= 0.3 is 10.1 Å². The van der Waals surface area contributed by atoms with E-state index in [0.717, 1.165) is 11.0 Å². The SMILES string of the molecule is CCOc1cc(C#N)ccc1OS(=O)(=O)/C=C/c1ccccc1. The second-order valence-corrected chi connectivity index (χ2v) is 5.92. The van der Waals surface area contributed by atoms with Crippen molar-refractivity contribution < 1.29 is 17.3 Å². The second-order valence-electron chi connectivity index (χ2n) is 4.50. The summed E-state index contributed by atoms with van der Waals surface area (Å²) in [5.41, 5.74) is 1.10. The molecule has 0 aromatic heterocycles. The highest BCUT2D eigenvalue weighted by Gasteiger charge is 2.14. The van der Waals surface area contributed by atoms with Crippen LogP contribution in [0.5, 0.6) is 11.5 Å². The van der Waals surface area contributed by atoms with Gasteiger partial charge in [0.25, 0.3) is 0 Å². The fourth-order valence-corrected chi connectivity index (χ4v) is 2.56. The Labute approximate surface area is 135 Å². The first-order valence-corrected chi connectivity index (χ1v) is 8.36. The van der Waals surface area contributed by atoms with Crippen molar-refractivity contribution in [3.05, 3.63) is 65.1 Å². The van der Waals surface area contributed by atoms with E-state index in [1.165, 1.54) is 24.3 Å². The smallest absolute Gasteiger partial charge is 0.332 e. The Morgan fingerprint density at radius 3 is 2.52 bits per heavy atom. The normalized spacial score (nSPS) is 11.1. The summed E-state index contributed by atoms with van der Waals surface area (Å²) < 4.78 is 34.5. The molecule has 23 heavy (non-hydrogen) atoms. The summed E-state index contributed by atoms with van der Waals surface area (Å²) in [6.07, 6.45) is 1.44. The summed E-state index contributed by atoms with van der Waals surface area (Å²) >= 11 is 0. The van der Waals surface area contributed by atoms with Gasteiger partial charge in [0, 0.05) is 6.07 Å². The van der Waals surface area contributed by atoms with Crippen LogP contribution in [-0.2, 0) is 10.1 Å². The first-order chi connectivity index (χ1) is 11.0. The molecule has 118 valence electrons. The molecule has 0 aliphatic rings. The van der Waals surface area contributed by atoms with Crippen LogP contribution in [0.15, 0.2) is 53.9 Å². The van der Waals surface area contributed by atoms with Crippen LogP contribution in [0.3, 0.4) is 0 Å². The molecule has 5 nitrogen and oxygen atoms in total. The molecule has 0 spiro atoms. The maximum atomic E-state index is 12.1. The fraction of sp³-hybridized carbons (Fsp3) is 0.118. The molecule has 2 aromatic carbocycles. The number of nitrogens with zero attached hydrogens (tertiary/aromatic N) is 1. The van der Waals surface area contributed by atoms with Crippen LogP contribution < -0.4 is 8.92 Å². The molecule has 0 N–H and O–H groups in total. The number of benzene rings is 2. The molecule has 0 atom stereocenters. The van der Waals surface area contributed by atoms with Crippen molar-refractivity contribution in [1.82, 2.24) is 0 Å². The van der Waals surface area contributed by atoms with Crippen LogP contribution >= 0.6 is 0 Å². The van der Waals surface area contributed by atoms with E-state index in [9.17, 15) is 8.42 Å². The number of rotatable bonds is 6. The fourth-order valence-electron chi connectivity index (χ4n) is 1.79. The zero-order valence-corrected chi connectivity index (χ0v) is 13.3. The lowest BCUT2D eigenvalue weighted by Gasteiger charge is -2.10. The lowest BCUT2D eigenvalue weighted by Crippen LogP contribution is -2.07. The molecule has 0 fully saturated rings. The minimum atomic E-state index is -3.94. The van der Waals surface area contributed by atoms with Gasteiger partial charge in [0.05, 0.1) is 23.6 Å². The largest absolute Gasteiger partial charge is 0.490 e. The molecule has 6 heteroatoms. The van der Waals surface area contributed by atoms with Gasteiger partial charge in [0.1, 0.15) is 0 Å². The minimum Gasteiger partial charge on any atom is -0.490 e. The van der Waals surface area contributed by atoms with Crippen LogP contribution in [-0.4, -0.2) is 15.0 Å². The predicted molar refractivity (Wildman–Crippen MR) is 87.3 cm³/mol. The Morgan fingerprint density at radius 2 is 1.87 bits per heavy atom. The number of ether oxygens (including phenoxy) is 1. The molecule has 2 rings (SSSR count). The second kappa shape index (κ2) is 7.47. The Bertz CT molecular complexity index is 837. The summed E-state index contributed by atoms with van der Waals surface area (Å²) in [7, 11) is -3.94. The lowest BCUT2D eigenvalue weighted by atomic mass is 10.2. The number of nitriles is 1. The monoisotopic (exact) mass is 329 g/mol. The summed E-state index contributed by atoms with van der Waals surface area (Å²) in [4.78, 5) is 0. The van der Waals surface area contributed by atoms with E-state index in [1.54, 1.807) is 31.2 Å². The molecule has 0 amide bonds. The predicted octanol–water partition coefficient (Wildman–Crippen LogP) is 3.34. The van der Waals surface area contributed by atoms with E-state index in [2.05, 4.69) is 0 Å². The summed E-state index contributed by atoms with van der Waals surface area (Å²) in [6, 6.07) is 15.3. The first-order valence-electron chi connectivity index (χ1n) is 6.88. The third-order valence-electron chi connectivity index (χ3n) is 2.81. The standard InChI is InChI=1S/C17H15NO4S/c1-2-21-17-12-15(13-18)8-9-16(17)22-23(19,20)11-10-14-6-4-3-5-7-14/h3-12H,2H2,1H3/b11-10+. The van der Waals surface area contributed by atoms with E-state index < -0.39 is 10.1 Å². The average molecular weight is 329 g/mol. The maximum absolute atomic E-state index is 12.1. The summed E-state index contributed by atoms with van der Waals surface area (Å²) in [5.74, 6) is 0.256. The quantitative estimate of drug-likeness (QED) is 0.760.